The molecule has 0 N–H and O–H groups in total. The highest BCUT2D eigenvalue weighted by Gasteiger charge is 2.19. The highest BCUT2D eigenvalue weighted by Crippen LogP contribution is 2.19. The van der Waals surface area contributed by atoms with Crippen molar-refractivity contribution in [1.82, 2.24) is 4.90 Å². The van der Waals surface area contributed by atoms with Gasteiger partial charge in [0, 0.05) is 30.2 Å². The fourth-order valence-electron chi connectivity index (χ4n) is 2.29. The Labute approximate surface area is 123 Å². The summed E-state index contributed by atoms with van der Waals surface area (Å²) in [6.07, 6.45) is 3.58. The Balaban J connectivity index is 1.99. The van der Waals surface area contributed by atoms with Crippen molar-refractivity contribution >= 4 is 21.8 Å². The lowest BCUT2D eigenvalue weighted by molar-refractivity contribution is -0.000188. The van der Waals surface area contributed by atoms with Crippen molar-refractivity contribution < 1.29 is 9.53 Å². The van der Waals surface area contributed by atoms with Gasteiger partial charge in [-0.1, -0.05) is 22.0 Å². The highest BCUT2D eigenvalue weighted by molar-refractivity contribution is 9.10. The van der Waals surface area contributed by atoms with Gasteiger partial charge in [0.1, 0.15) is 0 Å². The first-order valence-corrected chi connectivity index (χ1v) is 7.50. The zero-order chi connectivity index (χ0) is 13.8. The molecule has 1 saturated heterocycles. The highest BCUT2D eigenvalue weighted by atomic mass is 79.9. The molecule has 1 aromatic carbocycles. The van der Waals surface area contributed by atoms with E-state index >= 15 is 0 Å². The maximum atomic E-state index is 12.3. The normalized spacial score (nSPS) is 19.2. The quantitative estimate of drug-likeness (QED) is 0.852. The first-order valence-electron chi connectivity index (χ1n) is 6.71. The van der Waals surface area contributed by atoms with Crippen molar-refractivity contribution in [1.29, 1.82) is 0 Å². The third-order valence-electron chi connectivity index (χ3n) is 3.52. The topological polar surface area (TPSA) is 29.5 Å². The first kappa shape index (κ1) is 14.5. The van der Waals surface area contributed by atoms with Crippen LogP contribution in [0.2, 0.25) is 0 Å². The van der Waals surface area contributed by atoms with E-state index in [1.165, 1.54) is 6.42 Å². The minimum Gasteiger partial charge on any atom is -0.376 e. The summed E-state index contributed by atoms with van der Waals surface area (Å²) in [5.41, 5.74) is 1.85. The molecule has 1 aliphatic heterocycles. The Morgan fingerprint density at radius 2 is 2.26 bits per heavy atom. The second-order valence-corrected chi connectivity index (χ2v) is 5.99. The molecule has 0 aliphatic carbocycles. The van der Waals surface area contributed by atoms with E-state index in [0.717, 1.165) is 35.0 Å². The van der Waals surface area contributed by atoms with Crippen LogP contribution in [0.3, 0.4) is 0 Å². The molecular formula is C15H20BrNO2. The van der Waals surface area contributed by atoms with Crippen LogP contribution in [0.5, 0.6) is 0 Å². The van der Waals surface area contributed by atoms with Gasteiger partial charge in [0.05, 0.1) is 6.10 Å². The largest absolute Gasteiger partial charge is 0.376 e. The van der Waals surface area contributed by atoms with Crippen molar-refractivity contribution in [2.75, 3.05) is 20.2 Å². The van der Waals surface area contributed by atoms with Crippen LogP contribution in [-0.2, 0) is 4.74 Å². The molecule has 0 aromatic heterocycles. The van der Waals surface area contributed by atoms with Crippen LogP contribution in [0, 0.1) is 6.92 Å². The van der Waals surface area contributed by atoms with Gasteiger partial charge in [0.25, 0.3) is 5.91 Å². The van der Waals surface area contributed by atoms with Gasteiger partial charge in [0.15, 0.2) is 0 Å². The summed E-state index contributed by atoms with van der Waals surface area (Å²) in [6, 6.07) is 5.72. The lowest BCUT2D eigenvalue weighted by Gasteiger charge is -2.27. The molecule has 0 spiro atoms. The van der Waals surface area contributed by atoms with Gasteiger partial charge in [-0.15, -0.1) is 0 Å². The van der Waals surface area contributed by atoms with Gasteiger partial charge in [-0.2, -0.15) is 0 Å². The van der Waals surface area contributed by atoms with Crippen LogP contribution >= 0.6 is 15.9 Å². The second-order valence-electron chi connectivity index (χ2n) is 5.14. The van der Waals surface area contributed by atoms with E-state index in [9.17, 15) is 4.79 Å². The van der Waals surface area contributed by atoms with Crippen LogP contribution < -0.4 is 0 Å². The molecule has 2 rings (SSSR count). The number of hydrogen-bond donors (Lipinski definition) is 0. The minimum atomic E-state index is 0.0508. The number of aryl methyl sites for hydroxylation is 1. The molecule has 1 atom stereocenters. The Morgan fingerprint density at radius 3 is 2.89 bits per heavy atom. The van der Waals surface area contributed by atoms with E-state index in [4.69, 9.17) is 4.74 Å². The predicted octanol–water partition coefficient (Wildman–Crippen LogP) is 3.40. The molecular weight excluding hydrogens is 306 g/mol. The van der Waals surface area contributed by atoms with Gasteiger partial charge in [0.2, 0.25) is 0 Å². The average molecular weight is 326 g/mol. The summed E-state index contributed by atoms with van der Waals surface area (Å²) >= 11 is 3.47. The van der Waals surface area contributed by atoms with E-state index in [0.29, 0.717) is 6.54 Å². The van der Waals surface area contributed by atoms with Crippen molar-refractivity contribution in [3.8, 4) is 0 Å². The van der Waals surface area contributed by atoms with Gasteiger partial charge < -0.3 is 9.64 Å². The van der Waals surface area contributed by atoms with Crippen molar-refractivity contribution in [3.63, 3.8) is 0 Å². The zero-order valence-corrected chi connectivity index (χ0v) is 13.1. The maximum absolute atomic E-state index is 12.3. The summed E-state index contributed by atoms with van der Waals surface area (Å²) in [5.74, 6) is 0.0508. The summed E-state index contributed by atoms with van der Waals surface area (Å²) in [7, 11) is 1.84. The molecule has 1 heterocycles. The van der Waals surface area contributed by atoms with Crippen molar-refractivity contribution in [3.05, 3.63) is 33.8 Å². The SMILES string of the molecule is Cc1ccc(C(=O)N(C)CC2CCCCO2)cc1Br. The van der Waals surface area contributed by atoms with E-state index in [1.807, 2.05) is 32.2 Å². The fourth-order valence-corrected chi connectivity index (χ4v) is 2.66. The first-order chi connectivity index (χ1) is 9.08. The maximum Gasteiger partial charge on any atom is 0.253 e. The summed E-state index contributed by atoms with van der Waals surface area (Å²) in [5, 5.41) is 0. The summed E-state index contributed by atoms with van der Waals surface area (Å²) < 4.78 is 6.65. The number of nitrogens with zero attached hydrogens (tertiary/aromatic N) is 1. The summed E-state index contributed by atoms with van der Waals surface area (Å²) in [4.78, 5) is 14.1. The number of benzene rings is 1. The fraction of sp³-hybridized carbons (Fsp3) is 0.533. The number of carbonyl (C=O) groups excluding carboxylic acids is 1. The smallest absolute Gasteiger partial charge is 0.253 e. The number of ether oxygens (including phenoxy) is 1. The molecule has 1 unspecified atom stereocenters. The van der Waals surface area contributed by atoms with E-state index < -0.39 is 0 Å². The van der Waals surface area contributed by atoms with Gasteiger partial charge >= 0.3 is 0 Å². The molecule has 104 valence electrons. The molecule has 19 heavy (non-hydrogen) atoms. The van der Waals surface area contributed by atoms with Gasteiger partial charge in [-0.3, -0.25) is 4.79 Å². The molecule has 1 fully saturated rings. The Hall–Kier alpha value is -0.870. The lowest BCUT2D eigenvalue weighted by Crippen LogP contribution is -2.37. The number of rotatable bonds is 3. The lowest BCUT2D eigenvalue weighted by atomic mass is 10.1. The minimum absolute atomic E-state index is 0.0508. The Bertz CT molecular complexity index is 455. The van der Waals surface area contributed by atoms with E-state index in [1.54, 1.807) is 4.90 Å². The number of hydrogen-bond acceptors (Lipinski definition) is 2. The number of halogens is 1. The van der Waals surface area contributed by atoms with Crippen molar-refractivity contribution in [2.24, 2.45) is 0 Å². The molecule has 1 aliphatic rings. The molecule has 1 amide bonds. The van der Waals surface area contributed by atoms with E-state index in [2.05, 4.69) is 15.9 Å². The van der Waals surface area contributed by atoms with Crippen LogP contribution in [0.25, 0.3) is 0 Å². The third-order valence-corrected chi connectivity index (χ3v) is 4.37. The average Bonchev–Trinajstić information content (AvgIpc) is 2.42. The monoisotopic (exact) mass is 325 g/mol. The van der Waals surface area contributed by atoms with Crippen LogP contribution in [0.4, 0.5) is 0 Å². The van der Waals surface area contributed by atoms with E-state index in [-0.39, 0.29) is 12.0 Å². The van der Waals surface area contributed by atoms with Crippen LogP contribution in [0.15, 0.2) is 22.7 Å². The van der Waals surface area contributed by atoms with Gasteiger partial charge in [-0.25, -0.2) is 0 Å². The number of likely N-dealkylation sites (N-methyl/N-ethyl adjacent to an activating group) is 1. The third kappa shape index (κ3) is 3.80. The number of amides is 1. The summed E-state index contributed by atoms with van der Waals surface area (Å²) in [6.45, 7) is 3.50. The molecule has 4 heteroatoms. The standard InChI is InChI=1S/C15H20BrNO2/c1-11-6-7-12(9-14(11)16)15(18)17(2)10-13-5-3-4-8-19-13/h6-7,9,13H,3-5,8,10H2,1-2H3. The molecule has 1 aromatic rings. The van der Waals surface area contributed by atoms with Crippen LogP contribution in [-0.4, -0.2) is 37.1 Å². The number of carbonyl (C=O) groups is 1. The second kappa shape index (κ2) is 6.53. The zero-order valence-electron chi connectivity index (χ0n) is 11.5. The molecule has 3 nitrogen and oxygen atoms in total. The molecule has 0 bridgehead atoms. The molecule has 0 radical (unpaired) electrons. The van der Waals surface area contributed by atoms with Crippen molar-refractivity contribution in [2.45, 2.75) is 32.3 Å². The Morgan fingerprint density at radius 1 is 1.47 bits per heavy atom. The predicted molar refractivity (Wildman–Crippen MR) is 79.4 cm³/mol. The Kier molecular flexibility index (Phi) is 4.99. The molecule has 0 saturated carbocycles. The van der Waals surface area contributed by atoms with Gasteiger partial charge in [-0.05, 0) is 43.9 Å². The van der Waals surface area contributed by atoms with Crippen LogP contribution in [0.1, 0.15) is 35.2 Å².